The Morgan fingerprint density at radius 2 is 1.96 bits per heavy atom. The van der Waals surface area contributed by atoms with E-state index in [1.54, 1.807) is 18.2 Å². The van der Waals surface area contributed by atoms with Gasteiger partial charge in [0, 0.05) is 11.6 Å². The van der Waals surface area contributed by atoms with Gasteiger partial charge in [-0.2, -0.15) is 13.2 Å². The lowest BCUT2D eigenvalue weighted by molar-refractivity contribution is -0.189. The zero-order chi connectivity index (χ0) is 17.7. The molecular formula is C17H20F3NO3. The largest absolute Gasteiger partial charge is 0.484 e. The summed E-state index contributed by atoms with van der Waals surface area (Å²) in [4.78, 5) is 23.2. The molecule has 1 fully saturated rings. The van der Waals surface area contributed by atoms with Crippen LogP contribution in [0.5, 0.6) is 5.75 Å². The number of alkyl halides is 3. The van der Waals surface area contributed by atoms with Gasteiger partial charge in [0.25, 0.3) is 5.91 Å². The van der Waals surface area contributed by atoms with Crippen LogP contribution in [0.4, 0.5) is 13.2 Å². The average Bonchev–Trinajstić information content (AvgIpc) is 2.52. The first kappa shape index (κ1) is 18.3. The van der Waals surface area contributed by atoms with Crippen LogP contribution in [0.1, 0.15) is 43.0 Å². The third kappa shape index (κ3) is 4.97. The summed E-state index contributed by atoms with van der Waals surface area (Å²) in [5, 5.41) is 2.43. The highest BCUT2D eigenvalue weighted by atomic mass is 19.4. The number of amides is 1. The molecule has 132 valence electrons. The first-order chi connectivity index (χ1) is 11.3. The summed E-state index contributed by atoms with van der Waals surface area (Å²) in [5.41, 5.74) is 0.442. The fraction of sp³-hybridized carbons (Fsp3) is 0.529. The van der Waals surface area contributed by atoms with Gasteiger partial charge >= 0.3 is 6.18 Å². The molecule has 1 amide bonds. The molecule has 0 aromatic heterocycles. The number of Topliss-reactive ketones (excluding diaryl/α,β-unsaturated/α-hetero) is 1. The van der Waals surface area contributed by atoms with Gasteiger partial charge in [-0.25, -0.2) is 0 Å². The Hall–Kier alpha value is -2.05. The third-order valence-corrected chi connectivity index (χ3v) is 4.14. The van der Waals surface area contributed by atoms with Gasteiger partial charge in [0.15, 0.2) is 12.4 Å². The monoisotopic (exact) mass is 343 g/mol. The van der Waals surface area contributed by atoms with Crippen molar-refractivity contribution in [1.29, 1.82) is 0 Å². The van der Waals surface area contributed by atoms with Crippen molar-refractivity contribution in [3.05, 3.63) is 29.8 Å². The highest BCUT2D eigenvalue weighted by molar-refractivity contribution is 5.94. The molecule has 0 bridgehead atoms. The molecular weight excluding hydrogens is 323 g/mol. The standard InChI is InChI=1S/C17H20F3NO3/c1-11(22)12-5-4-6-13(9-12)24-10-16(23)21-15-8-3-2-7-14(15)17(18,19)20/h4-6,9,14-15H,2-3,7-8,10H2,1H3,(H,21,23). The van der Waals surface area contributed by atoms with Crippen LogP contribution < -0.4 is 10.1 Å². The SMILES string of the molecule is CC(=O)c1cccc(OCC(=O)NC2CCCCC2C(F)(F)F)c1. The first-order valence-electron chi connectivity index (χ1n) is 7.87. The van der Waals surface area contributed by atoms with E-state index in [9.17, 15) is 22.8 Å². The molecule has 0 aliphatic heterocycles. The minimum atomic E-state index is -4.31. The number of nitrogens with one attached hydrogen (secondary N) is 1. The molecule has 0 heterocycles. The van der Waals surface area contributed by atoms with Gasteiger partial charge in [0.1, 0.15) is 5.75 Å². The molecule has 7 heteroatoms. The lowest BCUT2D eigenvalue weighted by Crippen LogP contribution is -2.48. The predicted octanol–water partition coefficient (Wildman–Crippen LogP) is 3.51. The van der Waals surface area contributed by atoms with Gasteiger partial charge in [0.2, 0.25) is 0 Å². The van der Waals surface area contributed by atoms with Crippen LogP contribution in [-0.4, -0.2) is 30.5 Å². The van der Waals surface area contributed by atoms with Crippen molar-refractivity contribution in [2.75, 3.05) is 6.61 Å². The number of halogens is 3. The Morgan fingerprint density at radius 3 is 2.62 bits per heavy atom. The third-order valence-electron chi connectivity index (χ3n) is 4.14. The van der Waals surface area contributed by atoms with E-state index in [1.165, 1.54) is 13.0 Å². The highest BCUT2D eigenvalue weighted by Crippen LogP contribution is 2.37. The molecule has 1 aromatic rings. The second-order valence-electron chi connectivity index (χ2n) is 5.98. The second kappa shape index (κ2) is 7.68. The average molecular weight is 343 g/mol. The lowest BCUT2D eigenvalue weighted by Gasteiger charge is -2.33. The summed E-state index contributed by atoms with van der Waals surface area (Å²) >= 11 is 0. The molecule has 0 radical (unpaired) electrons. The second-order valence-corrected chi connectivity index (χ2v) is 5.98. The molecule has 1 aromatic carbocycles. The van der Waals surface area contributed by atoms with Crippen molar-refractivity contribution >= 4 is 11.7 Å². The number of hydrogen-bond donors (Lipinski definition) is 1. The van der Waals surface area contributed by atoms with Crippen LogP contribution in [0.25, 0.3) is 0 Å². The molecule has 1 saturated carbocycles. The van der Waals surface area contributed by atoms with Crippen LogP contribution in [0.15, 0.2) is 24.3 Å². The van der Waals surface area contributed by atoms with Gasteiger partial charge in [-0.3, -0.25) is 9.59 Å². The minimum Gasteiger partial charge on any atom is -0.484 e. The lowest BCUT2D eigenvalue weighted by atomic mass is 9.84. The van der Waals surface area contributed by atoms with Crippen LogP contribution in [0.3, 0.4) is 0 Å². The van der Waals surface area contributed by atoms with Crippen molar-refractivity contribution in [3.8, 4) is 5.75 Å². The van der Waals surface area contributed by atoms with E-state index in [1.807, 2.05) is 0 Å². The number of ether oxygens (including phenoxy) is 1. The van der Waals surface area contributed by atoms with Crippen LogP contribution in [0, 0.1) is 5.92 Å². The molecule has 0 saturated heterocycles. The number of carbonyl (C=O) groups excluding carboxylic acids is 2. The number of ketones is 1. The Bertz CT molecular complexity index is 601. The maximum atomic E-state index is 13.0. The predicted molar refractivity (Wildman–Crippen MR) is 81.9 cm³/mol. The topological polar surface area (TPSA) is 55.4 Å². The van der Waals surface area contributed by atoms with Crippen LogP contribution in [-0.2, 0) is 4.79 Å². The molecule has 0 spiro atoms. The Kier molecular flexibility index (Phi) is 5.85. The molecule has 1 aliphatic rings. The summed E-state index contributed by atoms with van der Waals surface area (Å²) in [6, 6.07) is 5.40. The minimum absolute atomic E-state index is 0.0377. The van der Waals surface area contributed by atoms with E-state index in [-0.39, 0.29) is 18.8 Å². The van der Waals surface area contributed by atoms with Crippen molar-refractivity contribution in [2.45, 2.75) is 44.8 Å². The first-order valence-corrected chi connectivity index (χ1v) is 7.87. The summed E-state index contributed by atoms with van der Waals surface area (Å²) in [7, 11) is 0. The Labute approximate surface area is 138 Å². The summed E-state index contributed by atoms with van der Waals surface area (Å²) in [6.45, 7) is 1.02. The number of rotatable bonds is 5. The zero-order valence-corrected chi connectivity index (χ0v) is 13.4. The normalized spacial score (nSPS) is 21.2. The molecule has 4 nitrogen and oxygen atoms in total. The summed E-state index contributed by atoms with van der Waals surface area (Å²) < 4.78 is 44.3. The number of hydrogen-bond acceptors (Lipinski definition) is 3. The zero-order valence-electron chi connectivity index (χ0n) is 13.4. The van der Waals surface area contributed by atoms with E-state index in [2.05, 4.69) is 5.32 Å². The van der Waals surface area contributed by atoms with Crippen molar-refractivity contribution in [3.63, 3.8) is 0 Å². The molecule has 1 aliphatic carbocycles. The summed E-state index contributed by atoms with van der Waals surface area (Å²) in [5.74, 6) is -1.91. The fourth-order valence-corrected chi connectivity index (χ4v) is 2.90. The van der Waals surface area contributed by atoms with Gasteiger partial charge in [-0.15, -0.1) is 0 Å². The quantitative estimate of drug-likeness (QED) is 0.833. The maximum Gasteiger partial charge on any atom is 0.393 e. The highest BCUT2D eigenvalue weighted by Gasteiger charge is 2.45. The van der Waals surface area contributed by atoms with E-state index in [0.717, 1.165) is 0 Å². The molecule has 2 unspecified atom stereocenters. The molecule has 1 N–H and O–H groups in total. The smallest absolute Gasteiger partial charge is 0.393 e. The fourth-order valence-electron chi connectivity index (χ4n) is 2.90. The maximum absolute atomic E-state index is 13.0. The molecule has 2 rings (SSSR count). The van der Waals surface area contributed by atoms with E-state index >= 15 is 0 Å². The Balaban J connectivity index is 1.90. The van der Waals surface area contributed by atoms with Gasteiger partial charge in [-0.05, 0) is 31.9 Å². The number of benzene rings is 1. The van der Waals surface area contributed by atoms with Crippen molar-refractivity contribution in [2.24, 2.45) is 5.92 Å². The van der Waals surface area contributed by atoms with Gasteiger partial charge in [0.05, 0.1) is 5.92 Å². The number of carbonyl (C=O) groups is 2. The van der Waals surface area contributed by atoms with Crippen LogP contribution >= 0.6 is 0 Å². The van der Waals surface area contributed by atoms with Crippen LogP contribution in [0.2, 0.25) is 0 Å². The van der Waals surface area contributed by atoms with E-state index in [4.69, 9.17) is 4.74 Å². The molecule has 24 heavy (non-hydrogen) atoms. The molecule has 2 atom stereocenters. The van der Waals surface area contributed by atoms with Gasteiger partial charge in [-0.1, -0.05) is 25.0 Å². The van der Waals surface area contributed by atoms with Crippen molar-refractivity contribution < 1.29 is 27.5 Å². The summed E-state index contributed by atoms with van der Waals surface area (Å²) in [6.07, 6.45) is -2.77. The van der Waals surface area contributed by atoms with Gasteiger partial charge < -0.3 is 10.1 Å². The Morgan fingerprint density at radius 1 is 1.25 bits per heavy atom. The van der Waals surface area contributed by atoms with Crippen molar-refractivity contribution in [1.82, 2.24) is 5.32 Å². The van der Waals surface area contributed by atoms with E-state index < -0.39 is 24.0 Å². The van der Waals surface area contributed by atoms with E-state index in [0.29, 0.717) is 30.6 Å².